The van der Waals surface area contributed by atoms with Crippen molar-refractivity contribution in [3.8, 4) is 11.3 Å². The first-order valence-corrected chi connectivity index (χ1v) is 6.01. The Bertz CT molecular complexity index is 550. The van der Waals surface area contributed by atoms with Crippen molar-refractivity contribution in [3.63, 3.8) is 0 Å². The van der Waals surface area contributed by atoms with Crippen LogP contribution in [0.25, 0.3) is 11.3 Å². The van der Waals surface area contributed by atoms with Crippen molar-refractivity contribution >= 4 is 34.8 Å². The molecule has 0 unspecified atom stereocenters. The molecule has 0 saturated carbocycles. The zero-order valence-corrected chi connectivity index (χ0v) is 11.7. The predicted molar refractivity (Wildman–Crippen MR) is 74.2 cm³/mol. The van der Waals surface area contributed by atoms with Crippen LogP contribution < -0.4 is 11.1 Å². The average molecular weight is 288 g/mol. The molecule has 0 saturated heterocycles. The maximum absolute atomic E-state index is 11.1. The van der Waals surface area contributed by atoms with Crippen molar-refractivity contribution in [2.75, 3.05) is 11.9 Å². The lowest BCUT2D eigenvalue weighted by Crippen LogP contribution is -2.21. The number of nitrogens with two attached hydrogens (primary N) is 1. The normalized spacial score (nSPS) is 9.94. The highest BCUT2D eigenvalue weighted by Gasteiger charge is 2.11. The van der Waals surface area contributed by atoms with E-state index < -0.39 is 0 Å². The lowest BCUT2D eigenvalue weighted by Gasteiger charge is -1.96. The van der Waals surface area contributed by atoms with Gasteiger partial charge in [0, 0.05) is 10.9 Å². The van der Waals surface area contributed by atoms with Crippen molar-refractivity contribution in [1.29, 1.82) is 0 Å². The van der Waals surface area contributed by atoms with Crippen LogP contribution in [0.15, 0.2) is 15.9 Å². The zero-order chi connectivity index (χ0) is 12.4. The van der Waals surface area contributed by atoms with Crippen LogP contribution in [0.1, 0.15) is 11.5 Å². The Kier molecular flexibility index (Phi) is 4.89. The van der Waals surface area contributed by atoms with E-state index in [1.165, 1.54) is 11.3 Å². The van der Waals surface area contributed by atoms with Crippen LogP contribution in [0.5, 0.6) is 0 Å². The monoisotopic (exact) mass is 287 g/mol. The molecule has 18 heavy (non-hydrogen) atoms. The fourth-order valence-corrected chi connectivity index (χ4v) is 2.24. The molecule has 2 aromatic heterocycles. The Labute approximate surface area is 115 Å². The third-order valence-corrected chi connectivity index (χ3v) is 3.01. The summed E-state index contributed by atoms with van der Waals surface area (Å²) in [7, 11) is 0. The highest BCUT2D eigenvalue weighted by molar-refractivity contribution is 7.14. The van der Waals surface area contributed by atoms with Gasteiger partial charge in [0.25, 0.3) is 0 Å². The van der Waals surface area contributed by atoms with Crippen molar-refractivity contribution in [2.24, 2.45) is 5.73 Å². The van der Waals surface area contributed by atoms with Gasteiger partial charge in [0.2, 0.25) is 5.91 Å². The summed E-state index contributed by atoms with van der Waals surface area (Å²) < 4.78 is 5.44. The second-order valence-electron chi connectivity index (χ2n) is 3.62. The summed E-state index contributed by atoms with van der Waals surface area (Å²) in [6.45, 7) is 3.73. The molecular formula is C11H14ClN3O2S. The fourth-order valence-electron chi connectivity index (χ4n) is 1.51. The first-order chi connectivity index (χ1) is 8.10. The summed E-state index contributed by atoms with van der Waals surface area (Å²) >= 11 is 1.37. The summed E-state index contributed by atoms with van der Waals surface area (Å²) in [6, 6.07) is 1.93. The Morgan fingerprint density at radius 1 is 1.56 bits per heavy atom. The quantitative estimate of drug-likeness (QED) is 0.908. The van der Waals surface area contributed by atoms with Crippen molar-refractivity contribution in [1.82, 2.24) is 4.98 Å². The predicted octanol–water partition coefficient (Wildman–Crippen LogP) is 2.34. The molecule has 0 bridgehead atoms. The number of nitrogens with zero attached hydrogens (tertiary/aromatic N) is 1. The van der Waals surface area contributed by atoms with Gasteiger partial charge in [0.15, 0.2) is 5.13 Å². The Balaban J connectivity index is 0.00000162. The Morgan fingerprint density at radius 2 is 2.28 bits per heavy atom. The summed E-state index contributed by atoms with van der Waals surface area (Å²) in [5.74, 6) is 1.42. The topological polar surface area (TPSA) is 81.2 Å². The largest absolute Gasteiger partial charge is 0.466 e. The Morgan fingerprint density at radius 3 is 2.83 bits per heavy atom. The number of carbonyl (C=O) groups excluding carboxylic acids is 1. The Hall–Kier alpha value is -1.37. The summed E-state index contributed by atoms with van der Waals surface area (Å²) in [5, 5.41) is 5.05. The van der Waals surface area contributed by atoms with E-state index >= 15 is 0 Å². The van der Waals surface area contributed by atoms with E-state index in [9.17, 15) is 4.79 Å². The number of hydrogen-bond acceptors (Lipinski definition) is 5. The van der Waals surface area contributed by atoms with Gasteiger partial charge in [-0.05, 0) is 19.9 Å². The highest BCUT2D eigenvalue weighted by atomic mass is 35.5. The van der Waals surface area contributed by atoms with Gasteiger partial charge < -0.3 is 15.5 Å². The van der Waals surface area contributed by atoms with Gasteiger partial charge in [-0.2, -0.15) is 0 Å². The first-order valence-electron chi connectivity index (χ1n) is 5.13. The minimum atomic E-state index is -0.244. The van der Waals surface area contributed by atoms with Crippen molar-refractivity contribution < 1.29 is 9.21 Å². The smallest absolute Gasteiger partial charge is 0.239 e. The van der Waals surface area contributed by atoms with Crippen molar-refractivity contribution in [3.05, 3.63) is 23.0 Å². The number of carbonyl (C=O) groups is 1. The molecule has 3 N–H and O–H groups in total. The number of nitrogens with one attached hydrogen (secondary N) is 1. The molecule has 98 valence electrons. The molecule has 1 amide bonds. The molecule has 0 aliphatic rings. The van der Waals surface area contributed by atoms with Gasteiger partial charge in [0.05, 0.1) is 12.2 Å². The van der Waals surface area contributed by atoms with E-state index in [2.05, 4.69) is 10.3 Å². The molecule has 0 aliphatic carbocycles. The van der Waals surface area contributed by atoms with Crippen molar-refractivity contribution in [2.45, 2.75) is 13.8 Å². The molecule has 0 aliphatic heterocycles. The molecule has 0 fully saturated rings. The van der Waals surface area contributed by atoms with Gasteiger partial charge in [-0.15, -0.1) is 23.7 Å². The van der Waals surface area contributed by atoms with Gasteiger partial charge in [0.1, 0.15) is 11.5 Å². The average Bonchev–Trinajstić information content (AvgIpc) is 2.85. The SMILES string of the molecule is Cc1cc(-c2csc(NC(=O)CN)n2)c(C)o1.Cl. The van der Waals surface area contributed by atoms with Crippen LogP contribution in [0.3, 0.4) is 0 Å². The molecule has 0 aromatic carbocycles. The molecule has 2 aromatic rings. The van der Waals surface area contributed by atoms with Crippen LogP contribution in [0.4, 0.5) is 5.13 Å². The van der Waals surface area contributed by atoms with E-state index in [0.29, 0.717) is 5.13 Å². The first kappa shape index (κ1) is 14.7. The fraction of sp³-hybridized carbons (Fsp3) is 0.273. The van der Waals surface area contributed by atoms with E-state index in [0.717, 1.165) is 22.8 Å². The molecule has 0 radical (unpaired) electrons. The number of rotatable bonds is 3. The van der Waals surface area contributed by atoms with Crippen LogP contribution in [-0.2, 0) is 4.79 Å². The molecule has 5 nitrogen and oxygen atoms in total. The van der Waals surface area contributed by atoms with Crippen LogP contribution in [-0.4, -0.2) is 17.4 Å². The number of halogens is 1. The number of hydrogen-bond donors (Lipinski definition) is 2. The lowest BCUT2D eigenvalue weighted by molar-refractivity contribution is -0.114. The van der Waals surface area contributed by atoms with Gasteiger partial charge in [-0.3, -0.25) is 4.79 Å². The standard InChI is InChI=1S/C11H13N3O2S.ClH/c1-6-3-8(7(2)16-6)9-5-17-11(13-9)14-10(15)4-12;/h3,5H,4,12H2,1-2H3,(H,13,14,15);1H. The third kappa shape index (κ3) is 3.10. The van der Waals surface area contributed by atoms with E-state index in [1.54, 1.807) is 0 Å². The maximum Gasteiger partial charge on any atom is 0.239 e. The molecule has 7 heteroatoms. The minimum Gasteiger partial charge on any atom is -0.466 e. The molecule has 2 rings (SSSR count). The van der Waals surface area contributed by atoms with E-state index in [1.807, 2.05) is 25.3 Å². The molecule has 0 spiro atoms. The van der Waals surface area contributed by atoms with Crippen LogP contribution in [0, 0.1) is 13.8 Å². The van der Waals surface area contributed by atoms with E-state index in [-0.39, 0.29) is 24.9 Å². The second-order valence-corrected chi connectivity index (χ2v) is 4.48. The van der Waals surface area contributed by atoms with Gasteiger partial charge >= 0.3 is 0 Å². The molecular weight excluding hydrogens is 274 g/mol. The second kappa shape index (κ2) is 5.99. The van der Waals surface area contributed by atoms with Crippen LogP contribution >= 0.6 is 23.7 Å². The zero-order valence-electron chi connectivity index (χ0n) is 10.0. The number of anilines is 1. The van der Waals surface area contributed by atoms with Crippen LogP contribution in [0.2, 0.25) is 0 Å². The van der Waals surface area contributed by atoms with Gasteiger partial charge in [-0.1, -0.05) is 0 Å². The highest BCUT2D eigenvalue weighted by Crippen LogP contribution is 2.29. The third-order valence-electron chi connectivity index (χ3n) is 2.25. The lowest BCUT2D eigenvalue weighted by atomic mass is 10.2. The number of amides is 1. The number of aromatic nitrogens is 1. The molecule has 2 heterocycles. The summed E-state index contributed by atoms with van der Waals surface area (Å²) in [5.41, 5.74) is 6.97. The summed E-state index contributed by atoms with van der Waals surface area (Å²) in [4.78, 5) is 15.4. The van der Waals surface area contributed by atoms with Gasteiger partial charge in [-0.25, -0.2) is 4.98 Å². The molecule has 0 atom stereocenters. The summed E-state index contributed by atoms with van der Waals surface area (Å²) in [6.07, 6.45) is 0. The number of furan rings is 1. The number of thiazole rings is 1. The maximum atomic E-state index is 11.1. The minimum absolute atomic E-state index is 0. The number of aryl methyl sites for hydroxylation is 2. The van der Waals surface area contributed by atoms with E-state index in [4.69, 9.17) is 10.2 Å².